The molecule has 0 bridgehead atoms. The normalized spacial score (nSPS) is 13.6. The monoisotopic (exact) mass is 507 g/mol. The van der Waals surface area contributed by atoms with E-state index in [1.54, 1.807) is 25.3 Å². The number of hydrogen-bond acceptors (Lipinski definition) is 6. The lowest BCUT2D eigenvalue weighted by Crippen LogP contribution is -2.26. The summed E-state index contributed by atoms with van der Waals surface area (Å²) in [5, 5.41) is 2.60. The highest BCUT2D eigenvalue weighted by Crippen LogP contribution is 2.36. The van der Waals surface area contributed by atoms with Crippen LogP contribution in [0, 0.1) is 17.6 Å². The number of oxazole rings is 1. The predicted octanol–water partition coefficient (Wildman–Crippen LogP) is 5.18. The molecule has 7 nitrogen and oxygen atoms in total. The molecule has 1 aromatic heterocycles. The fourth-order valence-corrected chi connectivity index (χ4v) is 3.39. The molecule has 2 aromatic carbocycles. The Morgan fingerprint density at radius 2 is 2.00 bits per heavy atom. The van der Waals surface area contributed by atoms with Crippen LogP contribution in [0.15, 0.2) is 40.8 Å². The molecular formula is C25H28ClF2N3O4. The molecule has 1 aliphatic carbocycles. The second-order valence-corrected chi connectivity index (χ2v) is 8.29. The maximum absolute atomic E-state index is 13.9. The molecule has 1 atom stereocenters. The zero-order valence-corrected chi connectivity index (χ0v) is 20.3. The minimum Gasteiger partial charge on any atom is -0.493 e. The lowest BCUT2D eigenvalue weighted by Gasteiger charge is -2.11. The molecule has 1 fully saturated rings. The van der Waals surface area contributed by atoms with Crippen LogP contribution >= 0.6 is 12.4 Å². The number of hydrogen-bond donors (Lipinski definition) is 2. The zero-order valence-electron chi connectivity index (χ0n) is 19.5. The number of aromatic nitrogens is 1. The van der Waals surface area contributed by atoms with Crippen LogP contribution in [0.2, 0.25) is 0 Å². The summed E-state index contributed by atoms with van der Waals surface area (Å²) < 4.78 is 44.3. The van der Waals surface area contributed by atoms with E-state index in [4.69, 9.17) is 19.6 Å². The van der Waals surface area contributed by atoms with Gasteiger partial charge < -0.3 is 24.9 Å². The summed E-state index contributed by atoms with van der Waals surface area (Å²) in [5.41, 5.74) is 6.94. The first kappa shape index (κ1) is 26.4. The first-order chi connectivity index (χ1) is 16.4. The highest BCUT2D eigenvalue weighted by molar-refractivity contribution is 5.94. The van der Waals surface area contributed by atoms with Crippen molar-refractivity contribution in [2.45, 2.75) is 38.8 Å². The Labute approximate surface area is 208 Å². The Morgan fingerprint density at radius 1 is 1.23 bits per heavy atom. The standard InChI is InChI=1S/C25H27F2N3O4.ClH/c1-3-19(28)23-22(24(31)29-12-16-6-8-17(26)11-18(16)27)30-25(34-23)15-7-9-20(32-2)21(10-15)33-13-14-4-5-14;/h6-11,14,19H,3-5,12-13,28H2,1-2H3,(H,29,31);1H. The van der Waals surface area contributed by atoms with Gasteiger partial charge in [0.15, 0.2) is 23.0 Å². The van der Waals surface area contributed by atoms with Crippen LogP contribution in [0.3, 0.4) is 0 Å². The van der Waals surface area contributed by atoms with E-state index in [2.05, 4.69) is 10.3 Å². The third-order valence-corrected chi connectivity index (χ3v) is 5.68. The molecular weight excluding hydrogens is 480 g/mol. The molecule has 1 aliphatic rings. The van der Waals surface area contributed by atoms with Gasteiger partial charge in [-0.25, -0.2) is 13.8 Å². The summed E-state index contributed by atoms with van der Waals surface area (Å²) in [6, 6.07) is 7.87. The summed E-state index contributed by atoms with van der Waals surface area (Å²) in [7, 11) is 1.56. The highest BCUT2D eigenvalue weighted by atomic mass is 35.5. The number of benzene rings is 2. The van der Waals surface area contributed by atoms with Crippen LogP contribution in [-0.2, 0) is 6.54 Å². The minimum absolute atomic E-state index is 0. The summed E-state index contributed by atoms with van der Waals surface area (Å²) in [6.45, 7) is 2.32. The van der Waals surface area contributed by atoms with Crippen LogP contribution in [0.5, 0.6) is 11.5 Å². The van der Waals surface area contributed by atoms with E-state index >= 15 is 0 Å². The number of methoxy groups -OCH3 is 1. The Hall–Kier alpha value is -3.17. The second-order valence-electron chi connectivity index (χ2n) is 8.29. The lowest BCUT2D eigenvalue weighted by molar-refractivity contribution is 0.0943. The first-order valence-corrected chi connectivity index (χ1v) is 11.2. The number of carbonyl (C=O) groups is 1. The third kappa shape index (κ3) is 6.29. The molecule has 10 heteroatoms. The largest absolute Gasteiger partial charge is 0.493 e. The van der Waals surface area contributed by atoms with Gasteiger partial charge in [-0.3, -0.25) is 4.79 Å². The lowest BCUT2D eigenvalue weighted by atomic mass is 10.1. The molecule has 188 valence electrons. The van der Waals surface area contributed by atoms with Crippen molar-refractivity contribution >= 4 is 18.3 Å². The highest BCUT2D eigenvalue weighted by Gasteiger charge is 2.26. The van der Waals surface area contributed by atoms with E-state index in [9.17, 15) is 13.6 Å². The molecule has 1 heterocycles. The SMILES string of the molecule is CCC(N)c1oc(-c2ccc(OC)c(OCC3CC3)c2)nc1C(=O)NCc1ccc(F)cc1F.Cl. The van der Waals surface area contributed by atoms with Gasteiger partial charge in [-0.05, 0) is 49.4 Å². The van der Waals surface area contributed by atoms with Crippen molar-refractivity contribution in [2.75, 3.05) is 13.7 Å². The average Bonchev–Trinajstić information content (AvgIpc) is 3.56. The zero-order chi connectivity index (χ0) is 24.2. The second kappa shape index (κ2) is 11.5. The van der Waals surface area contributed by atoms with Crippen molar-refractivity contribution in [3.63, 3.8) is 0 Å². The topological polar surface area (TPSA) is 99.6 Å². The van der Waals surface area contributed by atoms with E-state index in [-0.39, 0.29) is 41.9 Å². The van der Waals surface area contributed by atoms with Crippen molar-refractivity contribution in [2.24, 2.45) is 11.7 Å². The number of carbonyl (C=O) groups excluding carboxylic acids is 1. The molecule has 0 saturated heterocycles. The number of halogens is 3. The van der Waals surface area contributed by atoms with Crippen LogP contribution < -0.4 is 20.5 Å². The fourth-order valence-electron chi connectivity index (χ4n) is 3.39. The van der Waals surface area contributed by atoms with E-state index in [0.29, 0.717) is 36.0 Å². The van der Waals surface area contributed by atoms with Crippen molar-refractivity contribution in [3.8, 4) is 23.0 Å². The van der Waals surface area contributed by atoms with E-state index < -0.39 is 23.6 Å². The molecule has 1 saturated carbocycles. The Morgan fingerprint density at radius 3 is 2.66 bits per heavy atom. The number of nitrogens with zero attached hydrogens (tertiary/aromatic N) is 1. The fraction of sp³-hybridized carbons (Fsp3) is 0.360. The molecule has 1 unspecified atom stereocenters. The van der Waals surface area contributed by atoms with Gasteiger partial charge in [0.05, 0.1) is 19.8 Å². The number of nitrogens with one attached hydrogen (secondary N) is 1. The van der Waals surface area contributed by atoms with Crippen LogP contribution in [0.1, 0.15) is 54.0 Å². The maximum Gasteiger partial charge on any atom is 0.273 e. The average molecular weight is 508 g/mol. The molecule has 1 amide bonds. The summed E-state index contributed by atoms with van der Waals surface area (Å²) in [4.78, 5) is 17.3. The molecule has 35 heavy (non-hydrogen) atoms. The quantitative estimate of drug-likeness (QED) is 0.392. The van der Waals surface area contributed by atoms with Gasteiger partial charge in [0.1, 0.15) is 11.6 Å². The first-order valence-electron chi connectivity index (χ1n) is 11.2. The maximum atomic E-state index is 13.9. The van der Waals surface area contributed by atoms with Gasteiger partial charge in [0.25, 0.3) is 5.91 Å². The molecule has 0 aliphatic heterocycles. The molecule has 0 spiro atoms. The summed E-state index contributed by atoms with van der Waals surface area (Å²) in [6.07, 6.45) is 2.82. The summed E-state index contributed by atoms with van der Waals surface area (Å²) >= 11 is 0. The third-order valence-electron chi connectivity index (χ3n) is 5.68. The van der Waals surface area contributed by atoms with E-state index in [1.165, 1.54) is 6.07 Å². The Bertz CT molecular complexity index is 1180. The molecule has 0 radical (unpaired) electrons. The molecule has 4 rings (SSSR count). The smallest absolute Gasteiger partial charge is 0.273 e. The van der Waals surface area contributed by atoms with Gasteiger partial charge in [-0.15, -0.1) is 12.4 Å². The number of nitrogens with two attached hydrogens (primary N) is 1. The minimum atomic E-state index is -0.747. The number of amides is 1. The van der Waals surface area contributed by atoms with Gasteiger partial charge >= 0.3 is 0 Å². The molecule has 3 N–H and O–H groups in total. The predicted molar refractivity (Wildman–Crippen MR) is 129 cm³/mol. The van der Waals surface area contributed by atoms with Crippen molar-refractivity contribution in [3.05, 3.63) is 65.1 Å². The van der Waals surface area contributed by atoms with Crippen LogP contribution in [0.4, 0.5) is 8.78 Å². The Balaban J connectivity index is 0.00000342. The van der Waals surface area contributed by atoms with Crippen molar-refractivity contribution in [1.82, 2.24) is 10.3 Å². The van der Waals surface area contributed by atoms with Gasteiger partial charge in [0.2, 0.25) is 5.89 Å². The van der Waals surface area contributed by atoms with Gasteiger partial charge in [-0.2, -0.15) is 0 Å². The Kier molecular flexibility index (Phi) is 8.69. The molecule has 3 aromatic rings. The number of rotatable bonds is 10. The summed E-state index contributed by atoms with van der Waals surface area (Å²) in [5.74, 6) is 0.127. The van der Waals surface area contributed by atoms with Gasteiger partial charge in [-0.1, -0.05) is 13.0 Å². The van der Waals surface area contributed by atoms with Crippen LogP contribution in [0.25, 0.3) is 11.5 Å². The van der Waals surface area contributed by atoms with E-state index in [1.807, 2.05) is 6.92 Å². The van der Waals surface area contributed by atoms with Gasteiger partial charge in [0, 0.05) is 23.7 Å². The van der Waals surface area contributed by atoms with Crippen molar-refractivity contribution < 1.29 is 27.5 Å². The number of ether oxygens (including phenoxy) is 2. The van der Waals surface area contributed by atoms with E-state index in [0.717, 1.165) is 25.0 Å². The van der Waals surface area contributed by atoms with Crippen molar-refractivity contribution in [1.29, 1.82) is 0 Å². The van der Waals surface area contributed by atoms with Crippen LogP contribution in [-0.4, -0.2) is 24.6 Å².